The number of nitrogens with one attached hydrogen (secondary N) is 2. The quantitative estimate of drug-likeness (QED) is 0.185. The minimum Gasteiger partial charge on any atom is -0.473 e. The molecule has 4 rings (SSSR count). The number of carbonyl (C=O) groups is 1. The van der Waals surface area contributed by atoms with Gasteiger partial charge in [0.25, 0.3) is 5.91 Å². The van der Waals surface area contributed by atoms with Crippen LogP contribution in [0.1, 0.15) is 41.6 Å². The molecule has 1 saturated heterocycles. The number of ether oxygens (including phenoxy) is 2. The first kappa shape index (κ1) is 26.4. The van der Waals surface area contributed by atoms with Crippen molar-refractivity contribution in [3.05, 3.63) is 65.0 Å². The Morgan fingerprint density at radius 3 is 2.84 bits per heavy atom. The summed E-state index contributed by atoms with van der Waals surface area (Å²) in [5, 5.41) is 5.79. The van der Waals surface area contributed by atoms with Crippen molar-refractivity contribution in [2.24, 2.45) is 5.73 Å². The summed E-state index contributed by atoms with van der Waals surface area (Å²) in [4.78, 5) is 22.6. The molecule has 4 N–H and O–H groups in total. The highest BCUT2D eigenvalue weighted by Gasteiger charge is 2.51. The molecule has 0 bridgehead atoms. The smallest absolute Gasteiger partial charge is 0.340 e. The molecule has 3 atom stereocenters. The highest BCUT2D eigenvalue weighted by atomic mass is 19.3. The fourth-order valence-corrected chi connectivity index (χ4v) is 3.99. The number of epoxide rings is 1. The van der Waals surface area contributed by atoms with E-state index in [4.69, 9.17) is 19.6 Å². The van der Waals surface area contributed by atoms with Crippen LogP contribution >= 0.6 is 0 Å². The normalized spacial score (nSPS) is 21.0. The molecular formula is C23H26F4N6O4. The number of nitrogens with zero attached hydrogens (tertiary/aromatic N) is 3. The third-order valence-corrected chi connectivity index (χ3v) is 6.16. The molecule has 0 aliphatic carbocycles. The molecule has 0 radical (unpaired) electrons. The van der Waals surface area contributed by atoms with Crippen molar-refractivity contribution in [3.63, 3.8) is 0 Å². The number of carbonyl (C=O) groups excluding carboxylic acids is 1. The summed E-state index contributed by atoms with van der Waals surface area (Å²) < 4.78 is 66.8. The van der Waals surface area contributed by atoms with Gasteiger partial charge in [0.15, 0.2) is 18.9 Å². The fraction of sp³-hybridized carbons (Fsp3) is 0.435. The molecular weight excluding hydrogens is 500 g/mol. The lowest BCUT2D eigenvalue weighted by Crippen LogP contribution is -2.42. The standard InChI is InChI=1S/C23H26F4N6O4/c1-11(18(28)35-9-23(26,27)22(24)25)6-15(29-3)12(2)33-8-14-13(17-21(33)37-17)4-5-31-19(14)32-20(34)16-7-30-10-36-16/h4-7,10,12,17,21-22,29H,8-9,28H2,1-3H3,(H,31,32,34)/b15-6-,18-11+. The lowest BCUT2D eigenvalue weighted by atomic mass is 9.98. The molecule has 2 aromatic heterocycles. The Balaban J connectivity index is 1.52. The predicted octanol–water partition coefficient (Wildman–Crippen LogP) is 3.13. The van der Waals surface area contributed by atoms with Crippen LogP contribution in [0.5, 0.6) is 0 Å². The van der Waals surface area contributed by atoms with Crippen molar-refractivity contribution < 1.29 is 36.2 Å². The molecule has 200 valence electrons. The summed E-state index contributed by atoms with van der Waals surface area (Å²) >= 11 is 0. The van der Waals surface area contributed by atoms with Crippen LogP contribution in [-0.2, 0) is 16.0 Å². The van der Waals surface area contributed by atoms with Crippen molar-refractivity contribution in [3.8, 4) is 0 Å². The van der Waals surface area contributed by atoms with E-state index in [1.54, 1.807) is 19.3 Å². The van der Waals surface area contributed by atoms with E-state index >= 15 is 0 Å². The number of amides is 1. The van der Waals surface area contributed by atoms with Crippen LogP contribution in [0.2, 0.25) is 0 Å². The van der Waals surface area contributed by atoms with Crippen molar-refractivity contribution in [1.82, 2.24) is 20.2 Å². The monoisotopic (exact) mass is 526 g/mol. The number of hydrogen-bond acceptors (Lipinski definition) is 9. The number of oxazole rings is 1. The number of aromatic nitrogens is 2. The summed E-state index contributed by atoms with van der Waals surface area (Å²) in [6.07, 6.45) is 1.29. The van der Waals surface area contributed by atoms with Crippen LogP contribution in [0.4, 0.5) is 23.4 Å². The van der Waals surface area contributed by atoms with Gasteiger partial charge in [-0.05, 0) is 31.6 Å². The molecule has 10 nitrogen and oxygen atoms in total. The summed E-state index contributed by atoms with van der Waals surface area (Å²) in [5.41, 5.74) is 8.30. The second-order valence-corrected chi connectivity index (χ2v) is 8.59. The van der Waals surface area contributed by atoms with Crippen LogP contribution in [0.15, 0.2) is 52.5 Å². The van der Waals surface area contributed by atoms with Gasteiger partial charge in [0.1, 0.15) is 18.1 Å². The second kappa shape index (κ2) is 10.4. The van der Waals surface area contributed by atoms with Crippen LogP contribution in [0.3, 0.4) is 0 Å². The number of allylic oxidation sites excluding steroid dienone is 2. The van der Waals surface area contributed by atoms with Crippen LogP contribution in [-0.4, -0.2) is 59.0 Å². The van der Waals surface area contributed by atoms with Gasteiger partial charge in [0, 0.05) is 42.7 Å². The van der Waals surface area contributed by atoms with Gasteiger partial charge in [-0.3, -0.25) is 9.69 Å². The molecule has 3 unspecified atom stereocenters. The van der Waals surface area contributed by atoms with Crippen molar-refractivity contribution in [2.45, 2.75) is 51.1 Å². The first-order valence-corrected chi connectivity index (χ1v) is 11.3. The molecule has 14 heteroatoms. The molecule has 0 spiro atoms. The Labute approximate surface area is 209 Å². The fourth-order valence-electron chi connectivity index (χ4n) is 3.99. The van der Waals surface area contributed by atoms with Gasteiger partial charge in [-0.15, -0.1) is 0 Å². The maximum Gasteiger partial charge on any atom is 0.340 e. The van der Waals surface area contributed by atoms with E-state index in [2.05, 4.69) is 20.6 Å². The molecule has 2 aliphatic rings. The average molecular weight is 526 g/mol. The zero-order chi connectivity index (χ0) is 26.9. The third kappa shape index (κ3) is 5.54. The molecule has 1 fully saturated rings. The van der Waals surface area contributed by atoms with Gasteiger partial charge < -0.3 is 30.3 Å². The number of halogens is 4. The number of fused-ring (bicyclic) bond motifs is 3. The second-order valence-electron chi connectivity index (χ2n) is 8.59. The summed E-state index contributed by atoms with van der Waals surface area (Å²) in [7, 11) is 1.67. The number of rotatable bonds is 10. The number of likely N-dealkylation sites (N-methyl/N-ethyl adjacent to an activating group) is 1. The molecule has 1 amide bonds. The van der Waals surface area contributed by atoms with Crippen molar-refractivity contribution >= 4 is 11.7 Å². The van der Waals surface area contributed by atoms with Gasteiger partial charge in [-0.25, -0.2) is 18.7 Å². The average Bonchev–Trinajstić information content (AvgIpc) is 3.48. The molecule has 2 aromatic rings. The van der Waals surface area contributed by atoms with Crippen LogP contribution in [0, 0.1) is 0 Å². The summed E-state index contributed by atoms with van der Waals surface area (Å²) in [6.45, 7) is 2.24. The lowest BCUT2D eigenvalue weighted by molar-refractivity contribution is -0.158. The van der Waals surface area contributed by atoms with E-state index in [-0.39, 0.29) is 29.7 Å². The van der Waals surface area contributed by atoms with Gasteiger partial charge in [-0.1, -0.05) is 0 Å². The van der Waals surface area contributed by atoms with E-state index in [1.165, 1.54) is 13.1 Å². The van der Waals surface area contributed by atoms with E-state index in [1.807, 2.05) is 17.9 Å². The van der Waals surface area contributed by atoms with E-state index in [0.717, 1.165) is 17.5 Å². The Hall–Kier alpha value is -3.65. The van der Waals surface area contributed by atoms with Crippen LogP contribution < -0.4 is 16.4 Å². The topological polar surface area (TPSA) is 131 Å². The minimum absolute atomic E-state index is 0.0368. The molecule has 0 saturated carbocycles. The van der Waals surface area contributed by atoms with E-state index < -0.39 is 30.7 Å². The lowest BCUT2D eigenvalue weighted by Gasteiger charge is -2.33. The number of pyridine rings is 1. The first-order chi connectivity index (χ1) is 17.5. The molecule has 0 aromatic carbocycles. The maximum absolute atomic E-state index is 13.2. The highest BCUT2D eigenvalue weighted by Crippen LogP contribution is 2.49. The zero-order valence-electron chi connectivity index (χ0n) is 20.2. The maximum atomic E-state index is 13.2. The van der Waals surface area contributed by atoms with E-state index in [9.17, 15) is 22.4 Å². The largest absolute Gasteiger partial charge is 0.473 e. The van der Waals surface area contributed by atoms with Gasteiger partial charge in [0.2, 0.25) is 5.76 Å². The summed E-state index contributed by atoms with van der Waals surface area (Å²) in [6, 6.07) is 1.54. The minimum atomic E-state index is -4.32. The Morgan fingerprint density at radius 2 is 2.19 bits per heavy atom. The number of hydrogen-bond donors (Lipinski definition) is 3. The molecule has 37 heavy (non-hydrogen) atoms. The van der Waals surface area contributed by atoms with Gasteiger partial charge in [0.05, 0.1) is 6.20 Å². The van der Waals surface area contributed by atoms with Crippen molar-refractivity contribution in [1.29, 1.82) is 0 Å². The van der Waals surface area contributed by atoms with E-state index in [0.29, 0.717) is 18.1 Å². The summed E-state index contributed by atoms with van der Waals surface area (Å²) in [5.74, 6) is -4.82. The Bertz CT molecular complexity index is 1200. The Morgan fingerprint density at radius 1 is 1.43 bits per heavy atom. The number of nitrogens with two attached hydrogens (primary N) is 1. The number of alkyl halides is 4. The molecule has 4 heterocycles. The zero-order valence-corrected chi connectivity index (χ0v) is 20.2. The Kier molecular flexibility index (Phi) is 7.41. The third-order valence-electron chi connectivity index (χ3n) is 6.16. The SMILES string of the molecule is CN/C(=C\C(C)=C(/N)OCC(F)(F)C(F)F)C(C)N1Cc2c(ccnc2NC(=O)c2cnco2)C2OC21. The molecule has 2 aliphatic heterocycles. The van der Waals surface area contributed by atoms with Crippen LogP contribution in [0.25, 0.3) is 0 Å². The van der Waals surface area contributed by atoms with Crippen molar-refractivity contribution in [2.75, 3.05) is 19.0 Å². The highest BCUT2D eigenvalue weighted by molar-refractivity contribution is 6.01. The first-order valence-electron chi connectivity index (χ1n) is 11.3. The van der Waals surface area contributed by atoms with Gasteiger partial charge >= 0.3 is 12.3 Å². The number of anilines is 1. The van der Waals surface area contributed by atoms with Gasteiger partial charge in [-0.2, -0.15) is 8.78 Å². The predicted molar refractivity (Wildman–Crippen MR) is 122 cm³/mol.